The lowest BCUT2D eigenvalue weighted by atomic mass is 9.76. The fourth-order valence-corrected chi connectivity index (χ4v) is 5.08. The van der Waals surface area contributed by atoms with Crippen molar-refractivity contribution in [3.05, 3.63) is 71.3 Å². The molecule has 1 aliphatic carbocycles. The minimum Gasteiger partial charge on any atom is -0.496 e. The summed E-state index contributed by atoms with van der Waals surface area (Å²) in [5.74, 6) is 1.58. The van der Waals surface area contributed by atoms with Crippen molar-refractivity contribution >= 4 is 11.6 Å². The molecule has 5 rings (SSSR count). The maximum atomic E-state index is 12.7. The van der Waals surface area contributed by atoms with Crippen LogP contribution in [0.1, 0.15) is 52.7 Å². The van der Waals surface area contributed by atoms with Crippen LogP contribution in [0.25, 0.3) is 0 Å². The summed E-state index contributed by atoms with van der Waals surface area (Å²) in [7, 11) is 1.72. The molecule has 0 radical (unpaired) electrons. The number of nitrogens with one attached hydrogen (secondary N) is 2. The van der Waals surface area contributed by atoms with Crippen LogP contribution in [-0.2, 0) is 4.74 Å². The van der Waals surface area contributed by atoms with Crippen molar-refractivity contribution < 1.29 is 14.3 Å². The van der Waals surface area contributed by atoms with Crippen molar-refractivity contribution in [1.29, 1.82) is 0 Å². The lowest BCUT2D eigenvalue weighted by molar-refractivity contribution is 0.0857. The molecular formula is C25H28N2O3. The predicted molar refractivity (Wildman–Crippen MR) is 117 cm³/mol. The van der Waals surface area contributed by atoms with Crippen LogP contribution >= 0.6 is 0 Å². The molecule has 0 spiro atoms. The van der Waals surface area contributed by atoms with E-state index in [2.05, 4.69) is 41.0 Å². The molecule has 2 N–H and O–H groups in total. The van der Waals surface area contributed by atoms with Gasteiger partial charge in [0.25, 0.3) is 5.91 Å². The number of carbonyl (C=O) groups excluding carboxylic acids is 1. The van der Waals surface area contributed by atoms with Gasteiger partial charge in [0.2, 0.25) is 0 Å². The number of fused-ring (bicyclic) bond motifs is 3. The van der Waals surface area contributed by atoms with Crippen molar-refractivity contribution in [3.63, 3.8) is 0 Å². The van der Waals surface area contributed by atoms with Crippen LogP contribution in [0.15, 0.2) is 54.6 Å². The maximum Gasteiger partial charge on any atom is 0.251 e. The molecule has 0 aromatic heterocycles. The average Bonchev–Trinajstić information content (AvgIpc) is 3.49. The summed E-state index contributed by atoms with van der Waals surface area (Å²) in [6.07, 6.45) is 7.81. The monoisotopic (exact) mass is 404 g/mol. The van der Waals surface area contributed by atoms with Gasteiger partial charge in [0.05, 0.1) is 19.3 Å². The minimum atomic E-state index is -0.0290. The number of anilines is 1. The highest BCUT2D eigenvalue weighted by atomic mass is 16.5. The van der Waals surface area contributed by atoms with E-state index in [0.29, 0.717) is 23.9 Å². The standard InChI is InChI=1S/C25H28N2O3/c1-29-23-10-3-2-7-20(23)24-19-9-4-8-18(19)21-14-16(11-12-22(21)27-24)25(28)26-15-17-6-5-13-30-17/h2-4,7-8,10-12,14,17-19,24,27H,5-6,9,13,15H2,1H3,(H,26,28). The first-order valence-electron chi connectivity index (χ1n) is 10.8. The first-order valence-corrected chi connectivity index (χ1v) is 10.8. The molecule has 2 heterocycles. The number of hydrogen-bond acceptors (Lipinski definition) is 4. The average molecular weight is 405 g/mol. The Morgan fingerprint density at radius 1 is 1.23 bits per heavy atom. The predicted octanol–water partition coefficient (Wildman–Crippen LogP) is 4.43. The summed E-state index contributed by atoms with van der Waals surface area (Å²) in [4.78, 5) is 12.7. The van der Waals surface area contributed by atoms with E-state index in [9.17, 15) is 4.79 Å². The fourth-order valence-electron chi connectivity index (χ4n) is 5.08. The Bertz CT molecular complexity index is 965. The Morgan fingerprint density at radius 3 is 2.97 bits per heavy atom. The van der Waals surface area contributed by atoms with Gasteiger partial charge in [-0.1, -0.05) is 30.4 Å². The largest absolute Gasteiger partial charge is 0.496 e. The van der Waals surface area contributed by atoms with Crippen LogP contribution < -0.4 is 15.4 Å². The SMILES string of the molecule is COc1ccccc1C1Nc2ccc(C(=O)NCC3CCCO3)cc2C2C=CCC21. The molecule has 2 aromatic rings. The Labute approximate surface area is 177 Å². The van der Waals surface area contributed by atoms with Gasteiger partial charge < -0.3 is 20.1 Å². The Kier molecular flexibility index (Phi) is 5.21. The smallest absolute Gasteiger partial charge is 0.251 e. The molecule has 5 heteroatoms. The zero-order chi connectivity index (χ0) is 20.5. The van der Waals surface area contributed by atoms with E-state index in [-0.39, 0.29) is 18.1 Å². The van der Waals surface area contributed by atoms with E-state index in [1.165, 1.54) is 11.1 Å². The molecule has 4 atom stereocenters. The molecule has 4 unspecified atom stereocenters. The number of carbonyl (C=O) groups is 1. The Balaban J connectivity index is 1.40. The van der Waals surface area contributed by atoms with Gasteiger partial charge in [-0.15, -0.1) is 0 Å². The summed E-state index contributed by atoms with van der Waals surface area (Å²) in [5.41, 5.74) is 4.19. The van der Waals surface area contributed by atoms with Gasteiger partial charge >= 0.3 is 0 Å². The number of allylic oxidation sites excluding steroid dienone is 2. The number of methoxy groups -OCH3 is 1. The van der Waals surface area contributed by atoms with E-state index in [0.717, 1.165) is 37.3 Å². The molecule has 1 amide bonds. The van der Waals surface area contributed by atoms with Crippen LogP contribution in [0.5, 0.6) is 5.75 Å². The van der Waals surface area contributed by atoms with Gasteiger partial charge in [-0.2, -0.15) is 0 Å². The second-order valence-electron chi connectivity index (χ2n) is 8.36. The van der Waals surface area contributed by atoms with Gasteiger partial charge in [-0.3, -0.25) is 4.79 Å². The highest BCUT2D eigenvalue weighted by molar-refractivity contribution is 5.95. The molecular weight excluding hydrogens is 376 g/mol. The van der Waals surface area contributed by atoms with Crippen LogP contribution in [0.4, 0.5) is 5.69 Å². The Morgan fingerprint density at radius 2 is 2.13 bits per heavy atom. The van der Waals surface area contributed by atoms with Crippen molar-refractivity contribution in [3.8, 4) is 5.75 Å². The third-order valence-electron chi connectivity index (χ3n) is 6.61. The lowest BCUT2D eigenvalue weighted by Crippen LogP contribution is -2.32. The molecule has 2 aromatic carbocycles. The van der Waals surface area contributed by atoms with Gasteiger partial charge in [0.1, 0.15) is 5.75 Å². The molecule has 5 nitrogen and oxygen atoms in total. The quantitative estimate of drug-likeness (QED) is 0.724. The maximum absolute atomic E-state index is 12.7. The van der Waals surface area contributed by atoms with Gasteiger partial charge in [0, 0.05) is 35.9 Å². The molecule has 30 heavy (non-hydrogen) atoms. The molecule has 2 aliphatic heterocycles. The molecule has 1 fully saturated rings. The van der Waals surface area contributed by atoms with Gasteiger partial charge in [0.15, 0.2) is 0 Å². The third-order valence-corrected chi connectivity index (χ3v) is 6.61. The topological polar surface area (TPSA) is 59.6 Å². The van der Waals surface area contributed by atoms with Crippen LogP contribution in [-0.4, -0.2) is 32.3 Å². The second kappa shape index (κ2) is 8.15. The molecule has 0 saturated carbocycles. The molecule has 3 aliphatic rings. The number of benzene rings is 2. The second-order valence-corrected chi connectivity index (χ2v) is 8.36. The third kappa shape index (κ3) is 3.47. The van der Waals surface area contributed by atoms with Gasteiger partial charge in [-0.25, -0.2) is 0 Å². The summed E-state index contributed by atoms with van der Waals surface area (Å²) in [5, 5.41) is 6.77. The Hall–Kier alpha value is -2.79. The van der Waals surface area contributed by atoms with Crippen LogP contribution in [0, 0.1) is 5.92 Å². The van der Waals surface area contributed by atoms with Crippen LogP contribution in [0.3, 0.4) is 0 Å². The highest BCUT2D eigenvalue weighted by Crippen LogP contribution is 2.51. The summed E-state index contributed by atoms with van der Waals surface area (Å²) < 4.78 is 11.2. The van der Waals surface area contributed by atoms with E-state index >= 15 is 0 Å². The number of para-hydroxylation sites is 1. The number of rotatable bonds is 5. The number of amides is 1. The minimum absolute atomic E-state index is 0.0290. The van der Waals surface area contributed by atoms with E-state index in [1.54, 1.807) is 7.11 Å². The summed E-state index contributed by atoms with van der Waals surface area (Å²) in [6, 6.07) is 14.4. The van der Waals surface area contributed by atoms with Crippen molar-refractivity contribution in [2.45, 2.75) is 37.3 Å². The summed E-state index contributed by atoms with van der Waals surface area (Å²) >= 11 is 0. The molecule has 156 valence electrons. The molecule has 0 bridgehead atoms. The highest BCUT2D eigenvalue weighted by Gasteiger charge is 2.39. The lowest BCUT2D eigenvalue weighted by Gasteiger charge is -2.38. The van der Waals surface area contributed by atoms with E-state index < -0.39 is 0 Å². The fraction of sp³-hybridized carbons (Fsp3) is 0.400. The summed E-state index contributed by atoms with van der Waals surface area (Å²) in [6.45, 7) is 1.38. The molecule has 1 saturated heterocycles. The normalized spacial score (nSPS) is 26.6. The van der Waals surface area contributed by atoms with Crippen molar-refractivity contribution in [2.75, 3.05) is 25.6 Å². The van der Waals surface area contributed by atoms with Crippen molar-refractivity contribution in [1.82, 2.24) is 5.32 Å². The zero-order valence-electron chi connectivity index (χ0n) is 17.3. The zero-order valence-corrected chi connectivity index (χ0v) is 17.3. The van der Waals surface area contributed by atoms with Crippen LogP contribution in [0.2, 0.25) is 0 Å². The van der Waals surface area contributed by atoms with Crippen molar-refractivity contribution in [2.24, 2.45) is 5.92 Å². The number of ether oxygens (including phenoxy) is 2. The van der Waals surface area contributed by atoms with E-state index in [4.69, 9.17) is 9.47 Å². The number of hydrogen-bond donors (Lipinski definition) is 2. The first-order chi connectivity index (χ1) is 14.7. The van der Waals surface area contributed by atoms with Gasteiger partial charge in [-0.05, 0) is 55.0 Å². The first kappa shape index (κ1) is 19.2. The van der Waals surface area contributed by atoms with E-state index in [1.807, 2.05) is 24.3 Å².